The number of imide groups is 1. The normalized spacial score (nSPS) is 19.4. The number of furan rings is 1. The highest BCUT2D eigenvalue weighted by Gasteiger charge is 2.33. The largest absolute Gasteiger partial charge is 0.497 e. The fraction of sp³-hybridized carbons (Fsp3) is 0.320. The minimum absolute atomic E-state index is 0.0562. The fourth-order valence-electron chi connectivity index (χ4n) is 4.11. The highest BCUT2D eigenvalue weighted by molar-refractivity contribution is 6.07. The van der Waals surface area contributed by atoms with Gasteiger partial charge in [0.1, 0.15) is 23.1 Å². The predicted octanol–water partition coefficient (Wildman–Crippen LogP) is 2.10. The minimum Gasteiger partial charge on any atom is -0.497 e. The molecule has 1 unspecified atom stereocenters. The topological polar surface area (TPSA) is 134 Å². The molecule has 3 aliphatic heterocycles. The van der Waals surface area contributed by atoms with E-state index in [9.17, 15) is 19.2 Å². The van der Waals surface area contributed by atoms with Gasteiger partial charge in [-0.3, -0.25) is 29.6 Å². The Balaban J connectivity index is 0.000000197. The summed E-state index contributed by atoms with van der Waals surface area (Å²) in [6.45, 7) is 1.37. The minimum atomic E-state index is -0.816. The lowest BCUT2D eigenvalue weighted by molar-refractivity contribution is -0.124. The Hall–Kier alpha value is -4.41. The zero-order valence-corrected chi connectivity index (χ0v) is 20.2. The van der Waals surface area contributed by atoms with Crippen molar-refractivity contribution in [2.24, 2.45) is 4.99 Å². The first-order chi connectivity index (χ1) is 17.3. The van der Waals surface area contributed by atoms with Crippen molar-refractivity contribution >= 4 is 35.7 Å². The molecule has 0 spiro atoms. The van der Waals surface area contributed by atoms with E-state index in [1.807, 2.05) is 12.1 Å². The molecule has 5 rings (SSSR count). The van der Waals surface area contributed by atoms with Crippen LogP contribution in [0.3, 0.4) is 0 Å². The SMILES string of the molecule is CN=C(/C=C\c1ccc(C2NC(=O)NC2=O)o1)N1CCCC1=O.COc1ccc2c(c1)C(=O)N(C)C2. The Bertz CT molecular complexity index is 1260. The second-order valence-corrected chi connectivity index (χ2v) is 8.38. The van der Waals surface area contributed by atoms with Gasteiger partial charge < -0.3 is 19.4 Å². The van der Waals surface area contributed by atoms with Gasteiger partial charge in [0.2, 0.25) is 5.91 Å². The molecule has 4 heterocycles. The highest BCUT2D eigenvalue weighted by atomic mass is 16.5. The third-order valence-corrected chi connectivity index (χ3v) is 5.98. The van der Waals surface area contributed by atoms with Gasteiger partial charge in [-0.15, -0.1) is 0 Å². The quantitative estimate of drug-likeness (QED) is 0.381. The molecule has 2 fully saturated rings. The molecule has 188 valence electrons. The molecular weight excluding hydrogens is 466 g/mol. The molecule has 2 saturated heterocycles. The van der Waals surface area contributed by atoms with Gasteiger partial charge in [0, 0.05) is 39.2 Å². The predicted molar refractivity (Wildman–Crippen MR) is 130 cm³/mol. The van der Waals surface area contributed by atoms with Crippen LogP contribution in [0.25, 0.3) is 6.08 Å². The zero-order valence-electron chi connectivity index (χ0n) is 20.2. The number of aliphatic imine (C=N–C) groups is 1. The Kier molecular flexibility index (Phi) is 7.18. The first kappa shape index (κ1) is 24.7. The molecule has 1 aromatic heterocycles. The first-order valence-corrected chi connectivity index (χ1v) is 11.4. The third-order valence-electron chi connectivity index (χ3n) is 5.98. The summed E-state index contributed by atoms with van der Waals surface area (Å²) in [5.41, 5.74) is 1.84. The van der Waals surface area contributed by atoms with Crippen LogP contribution in [-0.2, 0) is 16.1 Å². The molecule has 1 aromatic carbocycles. The van der Waals surface area contributed by atoms with Gasteiger partial charge in [-0.05, 0) is 48.4 Å². The van der Waals surface area contributed by atoms with Gasteiger partial charge in [0.15, 0.2) is 6.04 Å². The van der Waals surface area contributed by atoms with Gasteiger partial charge in [-0.1, -0.05) is 6.07 Å². The molecule has 0 saturated carbocycles. The average Bonchev–Trinajstić information content (AvgIpc) is 3.64. The number of urea groups is 1. The summed E-state index contributed by atoms with van der Waals surface area (Å²) >= 11 is 0. The molecule has 11 heteroatoms. The zero-order chi connectivity index (χ0) is 25.8. The van der Waals surface area contributed by atoms with Gasteiger partial charge in [-0.2, -0.15) is 0 Å². The number of ether oxygens (including phenoxy) is 1. The maximum absolute atomic E-state index is 11.7. The van der Waals surface area contributed by atoms with Crippen LogP contribution in [0.15, 0.2) is 45.8 Å². The molecular formula is C25H27N5O6. The van der Waals surface area contributed by atoms with Crippen molar-refractivity contribution < 1.29 is 28.3 Å². The standard InChI is InChI=1S/C15H16N4O4.C10H11NO2/c1-16-11(19-8-2-3-12(19)20)7-5-9-4-6-10(23-9)13-14(21)18-15(22)17-13;1-11-6-7-3-4-8(13-2)5-9(7)10(11)12/h4-7,13H,2-3,8H2,1H3,(H2,17,18,21,22);3-5H,6H2,1-2H3/b7-5-,16-11?;. The van der Waals surface area contributed by atoms with Crippen molar-refractivity contribution in [3.05, 3.63) is 59.1 Å². The van der Waals surface area contributed by atoms with E-state index >= 15 is 0 Å². The van der Waals surface area contributed by atoms with Gasteiger partial charge in [0.05, 0.1) is 7.11 Å². The fourth-order valence-corrected chi connectivity index (χ4v) is 4.11. The number of carbonyl (C=O) groups is 4. The van der Waals surface area contributed by atoms with Crippen LogP contribution < -0.4 is 15.4 Å². The lowest BCUT2D eigenvalue weighted by Crippen LogP contribution is -2.30. The van der Waals surface area contributed by atoms with Crippen LogP contribution >= 0.6 is 0 Å². The Morgan fingerprint density at radius 1 is 1.19 bits per heavy atom. The smallest absolute Gasteiger partial charge is 0.322 e. The van der Waals surface area contributed by atoms with Gasteiger partial charge in [0.25, 0.3) is 11.8 Å². The second kappa shape index (κ2) is 10.5. The summed E-state index contributed by atoms with van der Waals surface area (Å²) in [5, 5.41) is 4.61. The maximum Gasteiger partial charge on any atom is 0.322 e. The Labute approximate surface area is 207 Å². The Morgan fingerprint density at radius 2 is 2.00 bits per heavy atom. The van der Waals surface area contributed by atoms with Gasteiger partial charge in [-0.25, -0.2) is 4.79 Å². The molecule has 0 radical (unpaired) electrons. The molecule has 5 amide bonds. The molecule has 36 heavy (non-hydrogen) atoms. The summed E-state index contributed by atoms with van der Waals surface area (Å²) < 4.78 is 10.6. The number of fused-ring (bicyclic) bond motifs is 1. The van der Waals surface area contributed by atoms with E-state index in [0.717, 1.165) is 23.3 Å². The van der Waals surface area contributed by atoms with E-state index in [1.165, 1.54) is 0 Å². The number of nitrogens with zero attached hydrogens (tertiary/aromatic N) is 3. The molecule has 0 bridgehead atoms. The van der Waals surface area contributed by atoms with Crippen molar-refractivity contribution in [3.8, 4) is 5.75 Å². The molecule has 2 aromatic rings. The number of likely N-dealkylation sites (tertiary alicyclic amines) is 1. The summed E-state index contributed by atoms with van der Waals surface area (Å²) in [7, 11) is 5.02. The Morgan fingerprint density at radius 3 is 2.64 bits per heavy atom. The van der Waals surface area contributed by atoms with Gasteiger partial charge >= 0.3 is 6.03 Å². The maximum atomic E-state index is 11.7. The number of carbonyl (C=O) groups excluding carboxylic acids is 4. The molecule has 1 atom stereocenters. The number of benzene rings is 1. The van der Waals surface area contributed by atoms with Crippen molar-refractivity contribution in [1.82, 2.24) is 20.4 Å². The molecule has 2 N–H and O–H groups in total. The van der Waals surface area contributed by atoms with E-state index < -0.39 is 18.0 Å². The van der Waals surface area contributed by atoms with E-state index in [2.05, 4.69) is 15.6 Å². The lowest BCUT2D eigenvalue weighted by Gasteiger charge is -2.14. The van der Waals surface area contributed by atoms with Crippen molar-refractivity contribution in [2.75, 3.05) is 27.7 Å². The van der Waals surface area contributed by atoms with E-state index in [-0.39, 0.29) is 11.8 Å². The van der Waals surface area contributed by atoms with E-state index in [4.69, 9.17) is 9.15 Å². The van der Waals surface area contributed by atoms with Crippen LogP contribution in [0.1, 0.15) is 46.3 Å². The van der Waals surface area contributed by atoms with Crippen molar-refractivity contribution in [1.29, 1.82) is 0 Å². The van der Waals surface area contributed by atoms with Crippen LogP contribution in [0.5, 0.6) is 5.75 Å². The number of methoxy groups -OCH3 is 1. The third kappa shape index (κ3) is 5.14. The van der Waals surface area contributed by atoms with E-state index in [0.29, 0.717) is 36.9 Å². The summed E-state index contributed by atoms with van der Waals surface area (Å²) in [6.07, 6.45) is 4.73. The molecule has 0 aliphatic carbocycles. The number of amides is 5. The van der Waals surface area contributed by atoms with E-state index in [1.54, 1.807) is 61.4 Å². The number of hydrogen-bond donors (Lipinski definition) is 2. The monoisotopic (exact) mass is 493 g/mol. The number of amidine groups is 1. The van der Waals surface area contributed by atoms with Crippen LogP contribution in [0.2, 0.25) is 0 Å². The summed E-state index contributed by atoms with van der Waals surface area (Å²) in [5.74, 6) is 1.84. The summed E-state index contributed by atoms with van der Waals surface area (Å²) in [6, 6.07) is 7.56. The van der Waals surface area contributed by atoms with Crippen LogP contribution in [0.4, 0.5) is 4.79 Å². The number of hydrogen-bond acceptors (Lipinski definition) is 7. The molecule has 3 aliphatic rings. The number of rotatable bonds is 4. The first-order valence-electron chi connectivity index (χ1n) is 11.4. The number of nitrogens with one attached hydrogen (secondary N) is 2. The molecule has 11 nitrogen and oxygen atoms in total. The average molecular weight is 494 g/mol. The second-order valence-electron chi connectivity index (χ2n) is 8.38. The summed E-state index contributed by atoms with van der Waals surface area (Å²) in [4.78, 5) is 53.4. The highest BCUT2D eigenvalue weighted by Crippen LogP contribution is 2.25. The van der Waals surface area contributed by atoms with Crippen molar-refractivity contribution in [3.63, 3.8) is 0 Å². The van der Waals surface area contributed by atoms with Crippen LogP contribution in [0, 0.1) is 0 Å². The van der Waals surface area contributed by atoms with Crippen molar-refractivity contribution in [2.45, 2.75) is 25.4 Å². The van der Waals surface area contributed by atoms with Crippen LogP contribution in [-0.4, -0.2) is 67.1 Å². The lowest BCUT2D eigenvalue weighted by atomic mass is 10.1.